The topological polar surface area (TPSA) is 61.9 Å². The van der Waals surface area contributed by atoms with E-state index in [1.807, 2.05) is 9.80 Å². The zero-order valence-corrected chi connectivity index (χ0v) is 13.3. The van der Waals surface area contributed by atoms with Crippen LogP contribution in [0.4, 0.5) is 4.79 Å². The first-order valence-corrected chi connectivity index (χ1v) is 8.67. The van der Waals surface area contributed by atoms with E-state index < -0.39 is 0 Å². The maximum atomic E-state index is 12.3. The Morgan fingerprint density at radius 2 is 1.64 bits per heavy atom. The van der Waals surface area contributed by atoms with Crippen LogP contribution in [0.2, 0.25) is 0 Å². The highest BCUT2D eigenvalue weighted by Crippen LogP contribution is 2.23. The Bertz CT molecular complexity index is 395. The largest absolute Gasteiger partial charge is 0.368 e. The van der Waals surface area contributed by atoms with Crippen molar-refractivity contribution in [2.24, 2.45) is 5.92 Å². The van der Waals surface area contributed by atoms with Crippen LogP contribution in [0.3, 0.4) is 0 Å². The van der Waals surface area contributed by atoms with Crippen molar-refractivity contribution in [1.82, 2.24) is 15.1 Å². The van der Waals surface area contributed by atoms with Gasteiger partial charge in [-0.2, -0.15) is 0 Å². The summed E-state index contributed by atoms with van der Waals surface area (Å²) in [6, 6.07) is 0.0242. The molecule has 1 aliphatic carbocycles. The molecule has 3 rings (SSSR count). The molecule has 2 heterocycles. The highest BCUT2D eigenvalue weighted by atomic mass is 16.5. The van der Waals surface area contributed by atoms with E-state index in [9.17, 15) is 9.59 Å². The third kappa shape index (κ3) is 3.72. The number of urea groups is 1. The van der Waals surface area contributed by atoms with Gasteiger partial charge in [-0.05, 0) is 31.6 Å². The van der Waals surface area contributed by atoms with Gasteiger partial charge in [0.1, 0.15) is 6.10 Å². The van der Waals surface area contributed by atoms with Crippen molar-refractivity contribution < 1.29 is 14.3 Å². The number of carbonyl (C=O) groups excluding carboxylic acids is 2. The van der Waals surface area contributed by atoms with Crippen molar-refractivity contribution in [3.05, 3.63) is 0 Å². The van der Waals surface area contributed by atoms with Gasteiger partial charge in [-0.15, -0.1) is 0 Å². The van der Waals surface area contributed by atoms with Crippen molar-refractivity contribution in [2.75, 3.05) is 39.3 Å². The molecule has 3 fully saturated rings. The number of nitrogens with zero attached hydrogens (tertiary/aromatic N) is 2. The summed E-state index contributed by atoms with van der Waals surface area (Å²) in [4.78, 5) is 28.1. The van der Waals surface area contributed by atoms with E-state index in [0.717, 1.165) is 19.4 Å². The second kappa shape index (κ2) is 7.31. The number of hydrogen-bond donors (Lipinski definition) is 1. The van der Waals surface area contributed by atoms with Crippen molar-refractivity contribution in [3.8, 4) is 0 Å². The second-order valence-electron chi connectivity index (χ2n) is 6.65. The normalized spacial score (nSPS) is 26.5. The van der Waals surface area contributed by atoms with Gasteiger partial charge in [-0.1, -0.05) is 12.8 Å². The van der Waals surface area contributed by atoms with Crippen molar-refractivity contribution in [3.63, 3.8) is 0 Å². The Kier molecular flexibility index (Phi) is 5.18. The smallest absolute Gasteiger partial charge is 0.317 e. The maximum absolute atomic E-state index is 12.3. The predicted molar refractivity (Wildman–Crippen MR) is 82.5 cm³/mol. The lowest BCUT2D eigenvalue weighted by atomic mass is 10.1. The molecule has 0 bridgehead atoms. The van der Waals surface area contributed by atoms with Gasteiger partial charge in [-0.3, -0.25) is 4.79 Å². The molecule has 6 nitrogen and oxygen atoms in total. The standard InChI is InChI=1S/C16H27N3O3/c20-15(14-6-3-11-22-14)18-7-9-19(10-8-18)16(21)17-12-13-4-1-2-5-13/h13-14H,1-12H2,(H,17,21). The van der Waals surface area contributed by atoms with Crippen LogP contribution in [-0.2, 0) is 9.53 Å². The molecule has 1 N–H and O–H groups in total. The number of hydrogen-bond acceptors (Lipinski definition) is 3. The van der Waals surface area contributed by atoms with Crippen LogP contribution in [-0.4, -0.2) is 67.2 Å². The number of ether oxygens (including phenoxy) is 1. The second-order valence-corrected chi connectivity index (χ2v) is 6.65. The van der Waals surface area contributed by atoms with Crippen LogP contribution in [0.15, 0.2) is 0 Å². The SMILES string of the molecule is O=C(NCC1CCCC1)N1CCN(C(=O)C2CCCO2)CC1. The molecule has 22 heavy (non-hydrogen) atoms. The zero-order valence-electron chi connectivity index (χ0n) is 13.3. The van der Waals surface area contributed by atoms with E-state index in [1.54, 1.807) is 0 Å². The minimum absolute atomic E-state index is 0.0242. The van der Waals surface area contributed by atoms with E-state index in [-0.39, 0.29) is 18.0 Å². The number of piperazine rings is 1. The average Bonchev–Trinajstić information content (AvgIpc) is 3.25. The van der Waals surface area contributed by atoms with Crippen LogP contribution >= 0.6 is 0 Å². The molecule has 1 atom stereocenters. The summed E-state index contributed by atoms with van der Waals surface area (Å²) in [5.74, 6) is 0.759. The first kappa shape index (κ1) is 15.6. The summed E-state index contributed by atoms with van der Waals surface area (Å²) >= 11 is 0. The molecular formula is C16H27N3O3. The van der Waals surface area contributed by atoms with Crippen LogP contribution in [0.5, 0.6) is 0 Å². The molecule has 0 aromatic heterocycles. The lowest BCUT2D eigenvalue weighted by Gasteiger charge is -2.35. The highest BCUT2D eigenvalue weighted by molar-refractivity contribution is 5.81. The summed E-state index contributed by atoms with van der Waals surface area (Å²) in [6.45, 7) is 3.98. The monoisotopic (exact) mass is 309 g/mol. The Labute approximate surface area is 132 Å². The highest BCUT2D eigenvalue weighted by Gasteiger charge is 2.31. The van der Waals surface area contributed by atoms with Gasteiger partial charge in [0.25, 0.3) is 5.91 Å². The summed E-state index contributed by atoms with van der Waals surface area (Å²) in [5.41, 5.74) is 0. The zero-order chi connectivity index (χ0) is 15.4. The Morgan fingerprint density at radius 3 is 2.27 bits per heavy atom. The molecular weight excluding hydrogens is 282 g/mol. The number of rotatable bonds is 3. The van der Waals surface area contributed by atoms with Crippen LogP contribution in [0.1, 0.15) is 38.5 Å². The summed E-state index contributed by atoms with van der Waals surface area (Å²) < 4.78 is 5.45. The van der Waals surface area contributed by atoms with Crippen molar-refractivity contribution >= 4 is 11.9 Å². The number of amides is 3. The third-order valence-corrected chi connectivity index (χ3v) is 5.10. The first-order chi connectivity index (χ1) is 10.7. The van der Waals surface area contributed by atoms with Gasteiger partial charge in [0.15, 0.2) is 0 Å². The van der Waals surface area contributed by atoms with Gasteiger partial charge < -0.3 is 19.9 Å². The first-order valence-electron chi connectivity index (χ1n) is 8.67. The lowest BCUT2D eigenvalue weighted by Crippen LogP contribution is -2.55. The van der Waals surface area contributed by atoms with E-state index in [4.69, 9.17) is 4.74 Å². The van der Waals surface area contributed by atoms with Gasteiger partial charge in [0.05, 0.1) is 0 Å². The molecule has 0 spiro atoms. The lowest BCUT2D eigenvalue weighted by molar-refractivity contribution is -0.142. The Morgan fingerprint density at radius 1 is 0.955 bits per heavy atom. The molecule has 0 radical (unpaired) electrons. The van der Waals surface area contributed by atoms with E-state index >= 15 is 0 Å². The fourth-order valence-electron chi connectivity index (χ4n) is 3.66. The molecule has 2 saturated heterocycles. The summed E-state index contributed by atoms with van der Waals surface area (Å²) in [5, 5.41) is 3.05. The molecule has 0 aromatic rings. The van der Waals surface area contributed by atoms with E-state index in [2.05, 4.69) is 5.32 Å². The fraction of sp³-hybridized carbons (Fsp3) is 0.875. The molecule has 3 amide bonds. The molecule has 3 aliphatic rings. The number of carbonyl (C=O) groups is 2. The molecule has 2 aliphatic heterocycles. The summed E-state index contributed by atoms with van der Waals surface area (Å²) in [7, 11) is 0. The predicted octanol–water partition coefficient (Wildman–Crippen LogP) is 1.21. The average molecular weight is 309 g/mol. The van der Waals surface area contributed by atoms with Crippen LogP contribution in [0, 0.1) is 5.92 Å². The van der Waals surface area contributed by atoms with E-state index in [0.29, 0.717) is 38.7 Å². The minimum atomic E-state index is -0.247. The van der Waals surface area contributed by atoms with Crippen LogP contribution in [0.25, 0.3) is 0 Å². The Balaban J connectivity index is 1.38. The van der Waals surface area contributed by atoms with Crippen LogP contribution < -0.4 is 5.32 Å². The van der Waals surface area contributed by atoms with Crippen molar-refractivity contribution in [2.45, 2.75) is 44.6 Å². The quantitative estimate of drug-likeness (QED) is 0.852. The third-order valence-electron chi connectivity index (χ3n) is 5.10. The van der Waals surface area contributed by atoms with Gasteiger partial charge in [0.2, 0.25) is 0 Å². The molecule has 1 unspecified atom stereocenters. The summed E-state index contributed by atoms with van der Waals surface area (Å²) in [6.07, 6.45) is 6.63. The Hall–Kier alpha value is -1.30. The number of nitrogens with one attached hydrogen (secondary N) is 1. The van der Waals surface area contributed by atoms with E-state index in [1.165, 1.54) is 25.7 Å². The minimum Gasteiger partial charge on any atom is -0.368 e. The molecule has 124 valence electrons. The van der Waals surface area contributed by atoms with Gasteiger partial charge in [-0.25, -0.2) is 4.79 Å². The van der Waals surface area contributed by atoms with Gasteiger partial charge in [0, 0.05) is 39.3 Å². The molecule has 1 saturated carbocycles. The fourth-order valence-corrected chi connectivity index (χ4v) is 3.66. The van der Waals surface area contributed by atoms with Gasteiger partial charge >= 0.3 is 6.03 Å². The van der Waals surface area contributed by atoms with Crippen molar-refractivity contribution in [1.29, 1.82) is 0 Å². The molecule has 0 aromatic carbocycles. The molecule has 6 heteroatoms. The maximum Gasteiger partial charge on any atom is 0.317 e.